The molecule has 2 rings (SSSR count). The third-order valence-corrected chi connectivity index (χ3v) is 3.34. The second-order valence-electron chi connectivity index (χ2n) is 4.51. The summed E-state index contributed by atoms with van der Waals surface area (Å²) in [5.74, 6) is -0.315. The van der Waals surface area contributed by atoms with Gasteiger partial charge in [0, 0.05) is 0 Å². The molecular formula is C12H16ClN3O2. The largest absolute Gasteiger partial charge is 0.391 e. The molecule has 98 valence electrons. The van der Waals surface area contributed by atoms with Crippen LogP contribution in [0.2, 0.25) is 5.15 Å². The summed E-state index contributed by atoms with van der Waals surface area (Å²) >= 11 is 5.61. The molecule has 0 radical (unpaired) electrons. The van der Waals surface area contributed by atoms with E-state index in [-0.39, 0.29) is 22.8 Å². The molecule has 0 saturated heterocycles. The fourth-order valence-electron chi connectivity index (χ4n) is 2.13. The summed E-state index contributed by atoms with van der Waals surface area (Å²) in [6, 6.07) is -0.197. The molecule has 1 aliphatic rings. The molecule has 0 spiro atoms. The molecule has 2 N–H and O–H groups in total. The average Bonchev–Trinajstić information content (AvgIpc) is 2.56. The highest BCUT2D eigenvalue weighted by Crippen LogP contribution is 2.18. The van der Waals surface area contributed by atoms with Crippen molar-refractivity contribution in [3.8, 4) is 0 Å². The van der Waals surface area contributed by atoms with Crippen LogP contribution in [0.4, 0.5) is 0 Å². The molecule has 5 nitrogen and oxygen atoms in total. The van der Waals surface area contributed by atoms with Gasteiger partial charge in [-0.1, -0.05) is 30.9 Å². The summed E-state index contributed by atoms with van der Waals surface area (Å²) in [5, 5.41) is 13.0. The lowest BCUT2D eigenvalue weighted by Crippen LogP contribution is -2.42. The van der Waals surface area contributed by atoms with Crippen molar-refractivity contribution in [3.05, 3.63) is 23.2 Å². The van der Waals surface area contributed by atoms with E-state index in [1.807, 2.05) is 0 Å². The van der Waals surface area contributed by atoms with Crippen molar-refractivity contribution in [2.24, 2.45) is 0 Å². The molecule has 18 heavy (non-hydrogen) atoms. The zero-order valence-electron chi connectivity index (χ0n) is 9.97. The zero-order chi connectivity index (χ0) is 13.0. The van der Waals surface area contributed by atoms with Crippen molar-refractivity contribution < 1.29 is 9.90 Å². The van der Waals surface area contributed by atoms with Gasteiger partial charge in [0.15, 0.2) is 0 Å². The van der Waals surface area contributed by atoms with Crippen LogP contribution in [0.3, 0.4) is 0 Å². The van der Waals surface area contributed by atoms with Gasteiger partial charge in [0.25, 0.3) is 5.91 Å². The van der Waals surface area contributed by atoms with Crippen LogP contribution in [-0.2, 0) is 0 Å². The average molecular weight is 270 g/mol. The van der Waals surface area contributed by atoms with Crippen LogP contribution < -0.4 is 5.32 Å². The number of carbonyl (C=O) groups is 1. The number of amides is 1. The second kappa shape index (κ2) is 6.11. The third kappa shape index (κ3) is 3.40. The number of hydrogen-bond donors (Lipinski definition) is 2. The molecule has 1 aromatic heterocycles. The quantitative estimate of drug-likeness (QED) is 0.799. The summed E-state index contributed by atoms with van der Waals surface area (Å²) in [6.45, 7) is 0. The van der Waals surface area contributed by atoms with Crippen molar-refractivity contribution in [1.82, 2.24) is 15.3 Å². The number of hydrogen-bond acceptors (Lipinski definition) is 4. The van der Waals surface area contributed by atoms with Gasteiger partial charge in [0.05, 0.1) is 24.5 Å². The van der Waals surface area contributed by atoms with E-state index in [0.717, 1.165) is 32.1 Å². The highest BCUT2D eigenvalue weighted by atomic mass is 35.5. The number of rotatable bonds is 2. The Morgan fingerprint density at radius 2 is 2.06 bits per heavy atom. The van der Waals surface area contributed by atoms with Crippen LogP contribution in [0.15, 0.2) is 12.4 Å². The third-order valence-electron chi connectivity index (χ3n) is 3.15. The SMILES string of the molecule is O=C(NC1CCCCCC1O)c1cnc(Cl)cn1. The first kappa shape index (κ1) is 13.2. The number of halogens is 1. The van der Waals surface area contributed by atoms with E-state index >= 15 is 0 Å². The lowest BCUT2D eigenvalue weighted by molar-refractivity contribution is 0.0814. The van der Waals surface area contributed by atoms with Gasteiger partial charge in [-0.15, -0.1) is 0 Å². The van der Waals surface area contributed by atoms with Crippen molar-refractivity contribution in [3.63, 3.8) is 0 Å². The van der Waals surface area contributed by atoms with Crippen LogP contribution in [0.1, 0.15) is 42.6 Å². The van der Waals surface area contributed by atoms with E-state index in [1.165, 1.54) is 12.4 Å². The van der Waals surface area contributed by atoms with E-state index in [1.54, 1.807) is 0 Å². The van der Waals surface area contributed by atoms with Crippen LogP contribution in [0.5, 0.6) is 0 Å². The maximum absolute atomic E-state index is 11.9. The van der Waals surface area contributed by atoms with E-state index < -0.39 is 6.10 Å². The number of carbonyl (C=O) groups excluding carboxylic acids is 1. The molecule has 2 atom stereocenters. The predicted octanol–water partition coefficient (Wildman–Crippen LogP) is 1.55. The van der Waals surface area contributed by atoms with Crippen molar-refractivity contribution >= 4 is 17.5 Å². The molecule has 1 aromatic rings. The molecule has 1 heterocycles. The van der Waals surface area contributed by atoms with Gasteiger partial charge in [0.1, 0.15) is 10.8 Å². The molecule has 0 aliphatic heterocycles. The Hall–Kier alpha value is -1.20. The summed E-state index contributed by atoms with van der Waals surface area (Å²) in [7, 11) is 0. The molecule has 6 heteroatoms. The Bertz CT molecular complexity index is 410. The van der Waals surface area contributed by atoms with Crippen LogP contribution in [-0.4, -0.2) is 33.1 Å². The van der Waals surface area contributed by atoms with Gasteiger partial charge in [-0.2, -0.15) is 0 Å². The molecule has 2 unspecified atom stereocenters. The number of aromatic nitrogens is 2. The number of nitrogens with zero attached hydrogens (tertiary/aromatic N) is 2. The summed E-state index contributed by atoms with van der Waals surface area (Å²) in [4.78, 5) is 19.6. The maximum Gasteiger partial charge on any atom is 0.271 e. The Morgan fingerprint density at radius 1 is 1.28 bits per heavy atom. The highest BCUT2D eigenvalue weighted by molar-refractivity contribution is 6.29. The van der Waals surface area contributed by atoms with Gasteiger partial charge in [-0.05, 0) is 12.8 Å². The minimum atomic E-state index is -0.475. The minimum Gasteiger partial charge on any atom is -0.391 e. The zero-order valence-corrected chi connectivity index (χ0v) is 10.7. The molecule has 1 fully saturated rings. The Kier molecular flexibility index (Phi) is 4.49. The van der Waals surface area contributed by atoms with E-state index in [2.05, 4.69) is 15.3 Å². The first-order valence-electron chi connectivity index (χ1n) is 6.13. The van der Waals surface area contributed by atoms with Gasteiger partial charge in [0.2, 0.25) is 0 Å². The van der Waals surface area contributed by atoms with Crippen LogP contribution in [0.25, 0.3) is 0 Å². The van der Waals surface area contributed by atoms with Gasteiger partial charge in [-0.25, -0.2) is 9.97 Å². The predicted molar refractivity (Wildman–Crippen MR) is 67.4 cm³/mol. The number of aliphatic hydroxyl groups is 1. The van der Waals surface area contributed by atoms with Gasteiger partial charge >= 0.3 is 0 Å². The topological polar surface area (TPSA) is 75.1 Å². The minimum absolute atomic E-state index is 0.197. The standard InChI is InChI=1S/C12H16ClN3O2/c13-11-7-14-9(6-15-11)12(18)16-8-4-2-1-3-5-10(8)17/h6-8,10,17H,1-5H2,(H,16,18). The molecule has 1 saturated carbocycles. The van der Waals surface area contributed by atoms with E-state index in [0.29, 0.717) is 0 Å². The monoisotopic (exact) mass is 269 g/mol. The van der Waals surface area contributed by atoms with Gasteiger partial charge < -0.3 is 10.4 Å². The Labute approximate surface area is 111 Å². The van der Waals surface area contributed by atoms with Crippen molar-refractivity contribution in [1.29, 1.82) is 0 Å². The first-order valence-corrected chi connectivity index (χ1v) is 6.51. The lowest BCUT2D eigenvalue weighted by Gasteiger charge is -2.21. The second-order valence-corrected chi connectivity index (χ2v) is 4.90. The fourth-order valence-corrected chi connectivity index (χ4v) is 2.23. The Balaban J connectivity index is 1.99. The van der Waals surface area contributed by atoms with Gasteiger partial charge in [-0.3, -0.25) is 4.79 Å². The highest BCUT2D eigenvalue weighted by Gasteiger charge is 2.24. The van der Waals surface area contributed by atoms with E-state index in [9.17, 15) is 9.90 Å². The number of aliphatic hydroxyl groups excluding tert-OH is 1. The number of nitrogens with one attached hydrogen (secondary N) is 1. The molecule has 1 aliphatic carbocycles. The lowest BCUT2D eigenvalue weighted by atomic mass is 10.1. The van der Waals surface area contributed by atoms with Crippen LogP contribution in [0, 0.1) is 0 Å². The smallest absolute Gasteiger partial charge is 0.271 e. The summed E-state index contributed by atoms with van der Waals surface area (Å²) in [5.41, 5.74) is 0.218. The van der Waals surface area contributed by atoms with Crippen molar-refractivity contribution in [2.75, 3.05) is 0 Å². The van der Waals surface area contributed by atoms with Crippen LogP contribution >= 0.6 is 11.6 Å². The summed E-state index contributed by atoms with van der Waals surface area (Å²) in [6.07, 6.45) is 6.86. The first-order chi connectivity index (χ1) is 8.66. The normalized spacial score (nSPS) is 24.3. The fraction of sp³-hybridized carbons (Fsp3) is 0.583. The molecule has 0 bridgehead atoms. The Morgan fingerprint density at radius 3 is 2.78 bits per heavy atom. The molecular weight excluding hydrogens is 254 g/mol. The van der Waals surface area contributed by atoms with E-state index in [4.69, 9.17) is 11.6 Å². The summed E-state index contributed by atoms with van der Waals surface area (Å²) < 4.78 is 0. The van der Waals surface area contributed by atoms with Crippen molar-refractivity contribution in [2.45, 2.75) is 44.2 Å². The maximum atomic E-state index is 11.9. The molecule has 0 aromatic carbocycles. The molecule has 1 amide bonds.